The Morgan fingerprint density at radius 1 is 1.06 bits per heavy atom. The molecule has 2 aromatic carbocycles. The number of nitrogens with zero attached hydrogens (tertiary/aromatic N) is 3. The normalized spacial score (nSPS) is 13.7. The van der Waals surface area contributed by atoms with Crippen molar-refractivity contribution < 1.29 is 23.8 Å². The van der Waals surface area contributed by atoms with Crippen molar-refractivity contribution in [2.45, 2.75) is 19.8 Å². The van der Waals surface area contributed by atoms with Gasteiger partial charge in [0.05, 0.1) is 26.0 Å². The summed E-state index contributed by atoms with van der Waals surface area (Å²) in [6.07, 6.45) is 3.96. The highest BCUT2D eigenvalue weighted by Crippen LogP contribution is 2.18. The predicted octanol–water partition coefficient (Wildman–Crippen LogP) is 4.76. The zero-order chi connectivity index (χ0) is 25.9. The Bertz CT molecular complexity index is 1320. The third-order valence-corrected chi connectivity index (χ3v) is 6.06. The van der Waals surface area contributed by atoms with E-state index in [0.717, 1.165) is 32.1 Å². The molecule has 2 aromatic rings. The number of aliphatic imine (C=N–C) groups is 1. The Kier molecular flexibility index (Phi) is 10.6. The van der Waals surface area contributed by atoms with Crippen molar-refractivity contribution in [2.75, 3.05) is 26.9 Å². The van der Waals surface area contributed by atoms with E-state index in [1.54, 1.807) is 18.2 Å². The van der Waals surface area contributed by atoms with Gasteiger partial charge >= 0.3 is 11.9 Å². The van der Waals surface area contributed by atoms with Gasteiger partial charge in [-0.25, -0.2) is 9.59 Å². The van der Waals surface area contributed by atoms with Crippen LogP contribution in [0.1, 0.15) is 19.8 Å². The smallest absolute Gasteiger partial charge is 0.362 e. The van der Waals surface area contributed by atoms with Gasteiger partial charge in [0.1, 0.15) is 12.0 Å². The molecule has 0 bridgehead atoms. The monoisotopic (exact) mass is 617 g/mol. The molecule has 0 unspecified atom stereocenters. The van der Waals surface area contributed by atoms with Crippen LogP contribution < -0.4 is 10.4 Å². The molecule has 0 aromatic heterocycles. The largest absolute Gasteiger partial charge is 0.502 e. The van der Waals surface area contributed by atoms with Crippen LogP contribution in [0, 0.1) is 0 Å². The van der Waals surface area contributed by atoms with Gasteiger partial charge < -0.3 is 14.2 Å². The van der Waals surface area contributed by atoms with E-state index >= 15 is 0 Å². The number of carbonyl (C=O) groups excluding carboxylic acids is 2. The average molecular weight is 619 g/mol. The van der Waals surface area contributed by atoms with Crippen molar-refractivity contribution in [3.05, 3.63) is 73.8 Å². The van der Waals surface area contributed by atoms with Crippen LogP contribution in [0.3, 0.4) is 0 Å². The van der Waals surface area contributed by atoms with Crippen molar-refractivity contribution in [3.8, 4) is 0 Å². The highest BCUT2D eigenvalue weighted by Gasteiger charge is 2.14. The Morgan fingerprint density at radius 2 is 1.78 bits per heavy atom. The summed E-state index contributed by atoms with van der Waals surface area (Å²) in [5.41, 5.74) is 1.95. The lowest BCUT2D eigenvalue weighted by Crippen LogP contribution is -2.31. The molecule has 188 valence electrons. The third-order valence-electron chi connectivity index (χ3n) is 5.04. The number of azo groups is 1. The lowest BCUT2D eigenvalue weighted by molar-refractivity contribution is -0.140. The lowest BCUT2D eigenvalue weighted by Gasteiger charge is -2.09. The number of carbonyl (C=O) groups is 2. The fraction of sp³-hybridized carbons (Fsp3) is 0.269. The molecule has 0 N–H and O–H groups in total. The molecule has 1 aliphatic heterocycles. The highest BCUT2D eigenvalue weighted by molar-refractivity contribution is 9.10. The maximum absolute atomic E-state index is 12.6. The van der Waals surface area contributed by atoms with Crippen molar-refractivity contribution in [1.29, 1.82) is 0 Å². The Hall–Kier alpha value is -3.11. The van der Waals surface area contributed by atoms with Crippen LogP contribution in [0.5, 0.6) is 0 Å². The Labute approximate surface area is 225 Å². The number of rotatable bonds is 9. The van der Waals surface area contributed by atoms with Gasteiger partial charge in [-0.1, -0.05) is 43.5 Å². The van der Waals surface area contributed by atoms with Crippen molar-refractivity contribution in [2.24, 2.45) is 15.2 Å². The Balaban J connectivity index is 1.52. The van der Waals surface area contributed by atoms with E-state index in [9.17, 15) is 9.59 Å². The number of esters is 2. The molecule has 3 rings (SSSR count). The number of halogens is 2. The van der Waals surface area contributed by atoms with Gasteiger partial charge in [0.25, 0.3) is 0 Å². The van der Waals surface area contributed by atoms with E-state index in [1.165, 1.54) is 12.7 Å². The summed E-state index contributed by atoms with van der Waals surface area (Å²) in [5, 5.41) is 9.91. The molecule has 1 aliphatic rings. The molecule has 36 heavy (non-hydrogen) atoms. The summed E-state index contributed by atoms with van der Waals surface area (Å²) >= 11 is 6.82. The second kappa shape index (κ2) is 13.8. The zero-order valence-corrected chi connectivity index (χ0v) is 23.0. The van der Waals surface area contributed by atoms with Gasteiger partial charge in [0.2, 0.25) is 5.70 Å². The summed E-state index contributed by atoms with van der Waals surface area (Å²) in [6, 6.07) is 13.1. The van der Waals surface area contributed by atoms with Crippen molar-refractivity contribution in [1.82, 2.24) is 0 Å². The molecule has 0 amide bonds. The maximum atomic E-state index is 12.6. The minimum absolute atomic E-state index is 0.0289. The van der Waals surface area contributed by atoms with Crippen molar-refractivity contribution in [3.63, 3.8) is 0 Å². The van der Waals surface area contributed by atoms with Crippen LogP contribution in [0.4, 0.5) is 5.69 Å². The second-order valence-electron chi connectivity index (χ2n) is 7.71. The van der Waals surface area contributed by atoms with Crippen LogP contribution in [0.2, 0.25) is 0 Å². The maximum Gasteiger partial charge on any atom is 0.362 e. The first-order valence-electron chi connectivity index (χ1n) is 11.1. The fourth-order valence-electron chi connectivity index (χ4n) is 3.22. The number of hydrogen-bond donors (Lipinski definition) is 0. The van der Waals surface area contributed by atoms with Gasteiger partial charge in [-0.05, 0) is 66.3 Å². The average Bonchev–Trinajstić information content (AvgIpc) is 2.85. The molecule has 0 saturated carbocycles. The molecule has 0 fully saturated rings. The molecule has 0 saturated heterocycles. The predicted molar refractivity (Wildman–Crippen MR) is 144 cm³/mol. The molecule has 0 spiro atoms. The SMILES string of the molecule is COC=C(N=Nc1ccc(Br)cc1)C(=O)OCCCOC(=O)C1=NCCC(C)=c2ccc(Br)cc2=C1. The third kappa shape index (κ3) is 8.23. The van der Waals surface area contributed by atoms with E-state index in [-0.39, 0.29) is 24.6 Å². The summed E-state index contributed by atoms with van der Waals surface area (Å²) in [5.74, 6) is -1.22. The fourth-order valence-corrected chi connectivity index (χ4v) is 3.86. The molecule has 8 nitrogen and oxygen atoms in total. The topological polar surface area (TPSA) is 98.9 Å². The van der Waals surface area contributed by atoms with Gasteiger partial charge in [0.15, 0.2) is 0 Å². The lowest BCUT2D eigenvalue weighted by atomic mass is 10.1. The number of ether oxygens (including phenoxy) is 3. The standard InChI is InChI=1S/C26H25Br2N3O5/c1-17-10-11-29-23(15-18-14-20(28)6-9-22(17)18)25(32)35-12-3-13-36-26(33)24(16-34-2)31-30-21-7-4-19(27)5-8-21/h4-9,14-16H,3,10-13H2,1-2H3. The van der Waals surface area contributed by atoms with E-state index < -0.39 is 11.9 Å². The minimum Gasteiger partial charge on any atom is -0.502 e. The first kappa shape index (κ1) is 27.5. The molecule has 0 radical (unpaired) electrons. The first-order valence-corrected chi connectivity index (χ1v) is 12.7. The first-order chi connectivity index (χ1) is 17.4. The summed E-state index contributed by atoms with van der Waals surface area (Å²) in [7, 11) is 1.40. The van der Waals surface area contributed by atoms with Crippen LogP contribution in [-0.4, -0.2) is 44.5 Å². The molecule has 0 atom stereocenters. The molecule has 0 aliphatic carbocycles. The van der Waals surface area contributed by atoms with Crippen molar-refractivity contribution >= 4 is 66.8 Å². The van der Waals surface area contributed by atoms with Gasteiger partial charge in [-0.3, -0.25) is 4.99 Å². The number of hydrogen-bond acceptors (Lipinski definition) is 8. The van der Waals surface area contributed by atoms with Crippen LogP contribution in [0.25, 0.3) is 11.6 Å². The summed E-state index contributed by atoms with van der Waals surface area (Å²) in [6.45, 7) is 2.67. The van der Waals surface area contributed by atoms with Gasteiger partial charge in [-0.15, -0.1) is 5.11 Å². The van der Waals surface area contributed by atoms with Crippen LogP contribution >= 0.6 is 31.9 Å². The molecule has 10 heteroatoms. The second-order valence-corrected chi connectivity index (χ2v) is 9.55. The number of fused-ring (bicyclic) bond motifs is 1. The minimum atomic E-state index is -0.699. The number of methoxy groups -OCH3 is 1. The zero-order valence-electron chi connectivity index (χ0n) is 19.9. The van der Waals surface area contributed by atoms with E-state index in [2.05, 4.69) is 54.0 Å². The van der Waals surface area contributed by atoms with E-state index in [1.807, 2.05) is 30.3 Å². The molecule has 1 heterocycles. The molecular formula is C26H25Br2N3O5. The van der Waals surface area contributed by atoms with Gasteiger partial charge in [-0.2, -0.15) is 5.11 Å². The van der Waals surface area contributed by atoms with Gasteiger partial charge in [0, 0.05) is 21.9 Å². The quantitative estimate of drug-likeness (QED) is 0.133. The van der Waals surface area contributed by atoms with Crippen LogP contribution in [0.15, 0.2) is 78.6 Å². The summed E-state index contributed by atoms with van der Waals surface area (Å²) < 4.78 is 17.3. The molecular weight excluding hydrogens is 594 g/mol. The van der Waals surface area contributed by atoms with E-state index in [4.69, 9.17) is 14.2 Å². The highest BCUT2D eigenvalue weighted by atomic mass is 79.9. The number of benzene rings is 2. The summed E-state index contributed by atoms with van der Waals surface area (Å²) in [4.78, 5) is 29.3. The van der Waals surface area contributed by atoms with E-state index in [0.29, 0.717) is 18.7 Å². The van der Waals surface area contributed by atoms with Crippen LogP contribution in [-0.2, 0) is 23.8 Å². The Morgan fingerprint density at radius 3 is 2.53 bits per heavy atom.